The summed E-state index contributed by atoms with van der Waals surface area (Å²) in [4.78, 5) is 24.5. The lowest BCUT2D eigenvalue weighted by molar-refractivity contribution is -0.128. The van der Waals surface area contributed by atoms with Crippen molar-refractivity contribution in [3.63, 3.8) is 0 Å². The standard InChI is InChI=1S/C20H22F2N6O/c1-13(27-7-2-8-27)19(29)26-15-9-20(21,22)12-28(11-15)16-4-3-14(10-23)17-18(16)25-6-5-24-17/h3-6,13,15H,2,7-9,11-12H2,1H3,(H,26,29). The van der Waals surface area contributed by atoms with Crippen LogP contribution in [-0.4, -0.2) is 65.0 Å². The molecule has 1 N–H and O–H groups in total. The van der Waals surface area contributed by atoms with Crippen LogP contribution in [0, 0.1) is 11.3 Å². The fraction of sp³-hybridized carbons (Fsp3) is 0.500. The summed E-state index contributed by atoms with van der Waals surface area (Å²) in [5, 5.41) is 12.1. The van der Waals surface area contributed by atoms with Crippen molar-refractivity contribution >= 4 is 22.6 Å². The van der Waals surface area contributed by atoms with Gasteiger partial charge in [-0.3, -0.25) is 19.7 Å². The molecule has 9 heteroatoms. The Morgan fingerprint density at radius 1 is 1.31 bits per heavy atom. The van der Waals surface area contributed by atoms with Crippen LogP contribution in [0.3, 0.4) is 0 Å². The van der Waals surface area contributed by atoms with Crippen LogP contribution in [0.5, 0.6) is 0 Å². The minimum absolute atomic E-state index is 0.225. The Hall–Kier alpha value is -2.86. The van der Waals surface area contributed by atoms with Crippen LogP contribution >= 0.6 is 0 Å². The molecule has 2 saturated heterocycles. The van der Waals surface area contributed by atoms with Gasteiger partial charge < -0.3 is 10.2 Å². The van der Waals surface area contributed by atoms with Crippen molar-refractivity contribution in [3.05, 3.63) is 30.1 Å². The zero-order valence-electron chi connectivity index (χ0n) is 16.1. The molecule has 7 nitrogen and oxygen atoms in total. The molecule has 29 heavy (non-hydrogen) atoms. The maximum absolute atomic E-state index is 14.5. The van der Waals surface area contributed by atoms with Gasteiger partial charge in [0.25, 0.3) is 5.92 Å². The number of nitrogens with one attached hydrogen (secondary N) is 1. The van der Waals surface area contributed by atoms with Gasteiger partial charge in [-0.05, 0) is 25.5 Å². The number of anilines is 1. The van der Waals surface area contributed by atoms with E-state index in [0.29, 0.717) is 22.3 Å². The lowest BCUT2D eigenvalue weighted by atomic mass is 10.00. The normalized spacial score (nSPS) is 22.6. The topological polar surface area (TPSA) is 85.2 Å². The molecule has 0 radical (unpaired) electrons. The van der Waals surface area contributed by atoms with Crippen LogP contribution in [-0.2, 0) is 4.79 Å². The van der Waals surface area contributed by atoms with Gasteiger partial charge in [0.15, 0.2) is 0 Å². The summed E-state index contributed by atoms with van der Waals surface area (Å²) in [7, 11) is 0. The number of rotatable bonds is 4. The maximum atomic E-state index is 14.5. The molecule has 152 valence electrons. The van der Waals surface area contributed by atoms with E-state index in [9.17, 15) is 18.8 Å². The average Bonchev–Trinajstić information content (AvgIpc) is 2.64. The molecule has 2 unspecified atom stereocenters. The van der Waals surface area contributed by atoms with Gasteiger partial charge >= 0.3 is 0 Å². The second-order valence-corrected chi connectivity index (χ2v) is 7.71. The van der Waals surface area contributed by atoms with Gasteiger partial charge in [-0.25, -0.2) is 8.78 Å². The highest BCUT2D eigenvalue weighted by molar-refractivity contribution is 5.92. The molecule has 2 aromatic rings. The van der Waals surface area contributed by atoms with E-state index in [1.165, 1.54) is 17.3 Å². The van der Waals surface area contributed by atoms with E-state index in [1.807, 2.05) is 4.90 Å². The molecule has 0 aliphatic carbocycles. The van der Waals surface area contributed by atoms with Gasteiger partial charge in [-0.2, -0.15) is 5.26 Å². The summed E-state index contributed by atoms with van der Waals surface area (Å²) >= 11 is 0. The number of nitrogens with zero attached hydrogens (tertiary/aromatic N) is 5. The molecule has 2 fully saturated rings. The molecule has 2 aliphatic rings. The molecule has 0 saturated carbocycles. The number of halogens is 2. The van der Waals surface area contributed by atoms with Gasteiger partial charge in [0, 0.05) is 38.4 Å². The Labute approximate surface area is 167 Å². The van der Waals surface area contributed by atoms with Gasteiger partial charge in [0.1, 0.15) is 17.1 Å². The number of hydrogen-bond acceptors (Lipinski definition) is 6. The van der Waals surface area contributed by atoms with E-state index in [-0.39, 0.29) is 18.5 Å². The second kappa shape index (κ2) is 7.52. The first kappa shape index (κ1) is 19.5. The highest BCUT2D eigenvalue weighted by atomic mass is 19.3. The Kier molecular flexibility index (Phi) is 5.04. The van der Waals surface area contributed by atoms with E-state index in [2.05, 4.69) is 21.4 Å². The van der Waals surface area contributed by atoms with Crippen molar-refractivity contribution in [2.45, 2.75) is 37.8 Å². The molecule has 1 amide bonds. The Bertz CT molecular complexity index is 971. The molecule has 1 aromatic heterocycles. The molecule has 0 spiro atoms. The van der Waals surface area contributed by atoms with E-state index in [0.717, 1.165) is 19.5 Å². The zero-order chi connectivity index (χ0) is 20.6. The molecular formula is C20H22F2N6O. The predicted octanol–water partition coefficient (Wildman–Crippen LogP) is 1.93. The first-order valence-corrected chi connectivity index (χ1v) is 9.69. The molecule has 1 aromatic carbocycles. The van der Waals surface area contributed by atoms with Crippen LogP contribution in [0.1, 0.15) is 25.3 Å². The minimum atomic E-state index is -2.96. The van der Waals surface area contributed by atoms with Crippen molar-refractivity contribution in [1.29, 1.82) is 5.26 Å². The van der Waals surface area contributed by atoms with Crippen molar-refractivity contribution in [1.82, 2.24) is 20.2 Å². The van der Waals surface area contributed by atoms with E-state index in [1.54, 1.807) is 19.1 Å². The fourth-order valence-electron chi connectivity index (χ4n) is 3.98. The largest absolute Gasteiger partial charge is 0.362 e. The summed E-state index contributed by atoms with van der Waals surface area (Å²) in [6.07, 6.45) is 3.60. The number of nitriles is 1. The number of amides is 1. The van der Waals surface area contributed by atoms with Crippen LogP contribution in [0.4, 0.5) is 14.5 Å². The third kappa shape index (κ3) is 3.85. The highest BCUT2D eigenvalue weighted by Gasteiger charge is 2.42. The number of aromatic nitrogens is 2. The summed E-state index contributed by atoms with van der Waals surface area (Å²) in [6.45, 7) is 3.29. The number of piperidine rings is 1. The number of carbonyl (C=O) groups excluding carboxylic acids is 1. The van der Waals surface area contributed by atoms with Crippen molar-refractivity contribution in [2.75, 3.05) is 31.1 Å². The number of hydrogen-bond donors (Lipinski definition) is 1. The summed E-state index contributed by atoms with van der Waals surface area (Å²) in [5.41, 5.74) is 1.62. The van der Waals surface area contributed by atoms with E-state index in [4.69, 9.17) is 0 Å². The van der Waals surface area contributed by atoms with E-state index >= 15 is 0 Å². The summed E-state index contributed by atoms with van der Waals surface area (Å²) in [6, 6.07) is 4.24. The third-order valence-corrected chi connectivity index (χ3v) is 5.64. The lowest BCUT2D eigenvalue weighted by Gasteiger charge is -2.41. The SMILES string of the molecule is CC(C(=O)NC1CN(c2ccc(C#N)c3nccnc23)CC(F)(F)C1)N1CCC1. The molecule has 3 heterocycles. The summed E-state index contributed by atoms with van der Waals surface area (Å²) < 4.78 is 29.1. The molecular weight excluding hydrogens is 378 g/mol. The Morgan fingerprint density at radius 2 is 2.03 bits per heavy atom. The molecule has 0 bridgehead atoms. The van der Waals surface area contributed by atoms with Gasteiger partial charge in [-0.15, -0.1) is 0 Å². The maximum Gasteiger partial charge on any atom is 0.267 e. The lowest BCUT2D eigenvalue weighted by Crippen LogP contribution is -2.59. The fourth-order valence-corrected chi connectivity index (χ4v) is 3.98. The van der Waals surface area contributed by atoms with Gasteiger partial charge in [0.05, 0.1) is 29.9 Å². The quantitative estimate of drug-likeness (QED) is 0.844. The molecule has 2 atom stereocenters. The third-order valence-electron chi connectivity index (χ3n) is 5.64. The number of fused-ring (bicyclic) bond motifs is 1. The van der Waals surface area contributed by atoms with Crippen LogP contribution in [0.15, 0.2) is 24.5 Å². The Morgan fingerprint density at radius 3 is 2.69 bits per heavy atom. The second-order valence-electron chi connectivity index (χ2n) is 7.71. The number of carbonyl (C=O) groups is 1. The first-order valence-electron chi connectivity index (χ1n) is 9.69. The first-order chi connectivity index (χ1) is 13.9. The van der Waals surface area contributed by atoms with Crippen LogP contribution in [0.25, 0.3) is 11.0 Å². The van der Waals surface area contributed by atoms with Crippen molar-refractivity contribution in [3.8, 4) is 6.07 Å². The van der Waals surface area contributed by atoms with Crippen molar-refractivity contribution < 1.29 is 13.6 Å². The van der Waals surface area contributed by atoms with Crippen molar-refractivity contribution in [2.24, 2.45) is 0 Å². The van der Waals surface area contributed by atoms with Gasteiger partial charge in [0.2, 0.25) is 5.91 Å². The molecule has 4 rings (SSSR count). The predicted molar refractivity (Wildman–Crippen MR) is 104 cm³/mol. The average molecular weight is 400 g/mol. The van der Waals surface area contributed by atoms with Crippen LogP contribution in [0.2, 0.25) is 0 Å². The van der Waals surface area contributed by atoms with Crippen LogP contribution < -0.4 is 10.2 Å². The molecule has 2 aliphatic heterocycles. The summed E-state index contributed by atoms with van der Waals surface area (Å²) in [5.74, 6) is -3.18. The Balaban J connectivity index is 1.59. The zero-order valence-corrected chi connectivity index (χ0v) is 16.1. The van der Waals surface area contributed by atoms with E-state index < -0.39 is 24.9 Å². The number of likely N-dealkylation sites (tertiary alicyclic amines) is 1. The number of benzene rings is 1. The monoisotopic (exact) mass is 400 g/mol. The van der Waals surface area contributed by atoms with Gasteiger partial charge in [-0.1, -0.05) is 0 Å². The minimum Gasteiger partial charge on any atom is -0.362 e. The highest BCUT2D eigenvalue weighted by Crippen LogP contribution is 2.34. The smallest absolute Gasteiger partial charge is 0.267 e. The number of alkyl halides is 2.